The summed E-state index contributed by atoms with van der Waals surface area (Å²) in [5, 5.41) is 3.11. The van der Waals surface area contributed by atoms with Crippen molar-refractivity contribution in [3.05, 3.63) is 77.3 Å². The lowest BCUT2D eigenvalue weighted by Gasteiger charge is -2.22. The summed E-state index contributed by atoms with van der Waals surface area (Å²) in [6.45, 7) is 0.949. The molecule has 1 aliphatic heterocycles. The van der Waals surface area contributed by atoms with E-state index in [4.69, 9.17) is 21.1 Å². The summed E-state index contributed by atoms with van der Waals surface area (Å²) < 4.78 is 39.0. The number of anilines is 2. The first-order valence-corrected chi connectivity index (χ1v) is 11.7. The van der Waals surface area contributed by atoms with Gasteiger partial charge in [0.25, 0.3) is 15.9 Å². The highest BCUT2D eigenvalue weighted by Crippen LogP contribution is 2.34. The fraction of sp³-hybridized carbons (Fsp3) is 0.174. The van der Waals surface area contributed by atoms with Gasteiger partial charge in [0, 0.05) is 19.5 Å². The molecule has 0 radical (unpaired) electrons. The molecule has 0 saturated heterocycles. The van der Waals surface area contributed by atoms with Crippen molar-refractivity contribution in [2.45, 2.75) is 11.3 Å². The first-order chi connectivity index (χ1) is 15.4. The van der Waals surface area contributed by atoms with E-state index in [1.165, 1.54) is 19.2 Å². The van der Waals surface area contributed by atoms with Gasteiger partial charge in [-0.2, -0.15) is 0 Å². The molecule has 7 nitrogen and oxygen atoms in total. The summed E-state index contributed by atoms with van der Waals surface area (Å²) in [5.41, 5.74) is 0.847. The monoisotopic (exact) mass is 472 g/mol. The minimum Gasteiger partial charge on any atom is -0.490 e. The zero-order valence-electron chi connectivity index (χ0n) is 17.2. The van der Waals surface area contributed by atoms with Crippen LogP contribution >= 0.6 is 11.6 Å². The Kier molecular flexibility index (Phi) is 6.25. The maximum atomic E-state index is 13.4. The standard InChI is InChI=1S/C23H21ClN2O5S/c1-26(32(28,29)16-11-12-21-22(15-16)31-14-6-13-30-21)20-10-5-2-7-17(20)23(27)25-19-9-4-3-8-18(19)24/h2-5,7-12,15H,6,13-14H2,1H3,(H,25,27). The van der Waals surface area contributed by atoms with E-state index >= 15 is 0 Å². The predicted molar refractivity (Wildman–Crippen MR) is 123 cm³/mol. The number of halogens is 1. The Hall–Kier alpha value is -3.23. The maximum Gasteiger partial charge on any atom is 0.264 e. The van der Waals surface area contributed by atoms with E-state index in [2.05, 4.69) is 5.32 Å². The number of amides is 1. The van der Waals surface area contributed by atoms with E-state index in [1.807, 2.05) is 0 Å². The van der Waals surface area contributed by atoms with Crippen molar-refractivity contribution in [2.24, 2.45) is 0 Å². The van der Waals surface area contributed by atoms with Gasteiger partial charge in [0.05, 0.1) is 40.1 Å². The van der Waals surface area contributed by atoms with Crippen LogP contribution in [0.1, 0.15) is 16.8 Å². The number of nitrogens with zero attached hydrogens (tertiary/aromatic N) is 1. The molecule has 3 aromatic carbocycles. The van der Waals surface area contributed by atoms with E-state index in [1.54, 1.807) is 54.6 Å². The van der Waals surface area contributed by atoms with E-state index in [0.29, 0.717) is 41.8 Å². The lowest BCUT2D eigenvalue weighted by molar-refractivity contribution is 0.102. The van der Waals surface area contributed by atoms with Crippen molar-refractivity contribution < 1.29 is 22.7 Å². The number of fused-ring (bicyclic) bond motifs is 1. The molecule has 1 heterocycles. The molecule has 0 saturated carbocycles. The number of sulfonamides is 1. The first kappa shape index (κ1) is 22.0. The zero-order chi connectivity index (χ0) is 22.7. The van der Waals surface area contributed by atoms with E-state index in [0.717, 1.165) is 4.31 Å². The third-order valence-corrected chi connectivity index (χ3v) is 7.08. The number of rotatable bonds is 5. The Balaban J connectivity index is 1.66. The highest BCUT2D eigenvalue weighted by molar-refractivity contribution is 7.92. The van der Waals surface area contributed by atoms with Crippen LogP contribution < -0.4 is 19.1 Å². The Morgan fingerprint density at radius 2 is 1.66 bits per heavy atom. The van der Waals surface area contributed by atoms with Gasteiger partial charge in [-0.25, -0.2) is 8.42 Å². The lowest BCUT2D eigenvalue weighted by atomic mass is 10.1. The van der Waals surface area contributed by atoms with Crippen molar-refractivity contribution >= 4 is 38.9 Å². The first-order valence-electron chi connectivity index (χ1n) is 9.91. The number of hydrogen-bond acceptors (Lipinski definition) is 5. The number of carbonyl (C=O) groups is 1. The van der Waals surface area contributed by atoms with Crippen LogP contribution in [-0.2, 0) is 10.0 Å². The minimum absolute atomic E-state index is 0.0329. The molecule has 0 bridgehead atoms. The molecule has 1 amide bonds. The summed E-state index contributed by atoms with van der Waals surface area (Å²) in [6.07, 6.45) is 0.713. The number of carbonyl (C=O) groups excluding carboxylic acids is 1. The molecule has 0 atom stereocenters. The van der Waals surface area contributed by atoms with Crippen LogP contribution in [0.5, 0.6) is 11.5 Å². The molecular formula is C23H21ClN2O5S. The van der Waals surface area contributed by atoms with Crippen molar-refractivity contribution in [1.29, 1.82) is 0 Å². The van der Waals surface area contributed by atoms with Crippen LogP contribution in [0, 0.1) is 0 Å². The van der Waals surface area contributed by atoms with Gasteiger partial charge in [0.2, 0.25) is 0 Å². The molecule has 0 unspecified atom stereocenters. The van der Waals surface area contributed by atoms with Gasteiger partial charge in [-0.15, -0.1) is 0 Å². The van der Waals surface area contributed by atoms with Crippen molar-refractivity contribution in [3.8, 4) is 11.5 Å². The summed E-state index contributed by atoms with van der Waals surface area (Å²) in [7, 11) is -2.58. The normalized spacial score (nSPS) is 13.2. The van der Waals surface area contributed by atoms with Crippen LogP contribution in [0.25, 0.3) is 0 Å². The fourth-order valence-electron chi connectivity index (χ4n) is 3.28. The van der Waals surface area contributed by atoms with Gasteiger partial charge in [0.1, 0.15) is 0 Å². The van der Waals surface area contributed by atoms with E-state index in [9.17, 15) is 13.2 Å². The van der Waals surface area contributed by atoms with Crippen LogP contribution in [0.15, 0.2) is 71.6 Å². The number of para-hydroxylation sites is 2. The highest BCUT2D eigenvalue weighted by Gasteiger charge is 2.27. The smallest absolute Gasteiger partial charge is 0.264 e. The van der Waals surface area contributed by atoms with Gasteiger partial charge >= 0.3 is 0 Å². The van der Waals surface area contributed by atoms with Crippen LogP contribution in [0.2, 0.25) is 5.02 Å². The van der Waals surface area contributed by atoms with Crippen LogP contribution in [-0.4, -0.2) is 34.6 Å². The molecule has 0 aliphatic carbocycles. The lowest BCUT2D eigenvalue weighted by Crippen LogP contribution is -2.29. The minimum atomic E-state index is -3.98. The topological polar surface area (TPSA) is 84.9 Å². The second-order valence-electron chi connectivity index (χ2n) is 7.08. The second kappa shape index (κ2) is 9.10. The highest BCUT2D eigenvalue weighted by atomic mass is 35.5. The Labute approximate surface area is 191 Å². The number of nitrogens with one attached hydrogen (secondary N) is 1. The van der Waals surface area contributed by atoms with Gasteiger partial charge in [-0.1, -0.05) is 35.9 Å². The number of ether oxygens (including phenoxy) is 2. The Morgan fingerprint density at radius 1 is 0.969 bits per heavy atom. The van der Waals surface area contributed by atoms with Crippen molar-refractivity contribution in [3.63, 3.8) is 0 Å². The molecule has 0 aromatic heterocycles. The fourth-order valence-corrected chi connectivity index (χ4v) is 4.70. The van der Waals surface area contributed by atoms with Gasteiger partial charge < -0.3 is 14.8 Å². The van der Waals surface area contributed by atoms with E-state index in [-0.39, 0.29) is 16.1 Å². The van der Waals surface area contributed by atoms with Gasteiger partial charge in [-0.3, -0.25) is 9.10 Å². The molecule has 32 heavy (non-hydrogen) atoms. The SMILES string of the molecule is CN(c1ccccc1C(=O)Nc1ccccc1Cl)S(=O)(=O)c1ccc2c(c1)OCCCO2. The molecule has 166 valence electrons. The summed E-state index contributed by atoms with van der Waals surface area (Å²) in [4.78, 5) is 13.0. The van der Waals surface area contributed by atoms with E-state index < -0.39 is 15.9 Å². The largest absolute Gasteiger partial charge is 0.490 e. The molecule has 0 spiro atoms. The number of hydrogen-bond donors (Lipinski definition) is 1. The molecule has 4 rings (SSSR count). The molecule has 0 fully saturated rings. The Morgan fingerprint density at radius 3 is 2.44 bits per heavy atom. The summed E-state index contributed by atoms with van der Waals surface area (Å²) in [6, 6.07) is 17.8. The quantitative estimate of drug-likeness (QED) is 0.587. The molecule has 3 aromatic rings. The average molecular weight is 473 g/mol. The maximum absolute atomic E-state index is 13.4. The van der Waals surface area contributed by atoms with Crippen molar-refractivity contribution in [1.82, 2.24) is 0 Å². The molecular weight excluding hydrogens is 452 g/mol. The molecule has 1 aliphatic rings. The molecule has 1 N–H and O–H groups in total. The van der Waals surface area contributed by atoms with Gasteiger partial charge in [0.15, 0.2) is 11.5 Å². The predicted octanol–water partition coefficient (Wildman–Crippen LogP) is 4.58. The third kappa shape index (κ3) is 4.37. The second-order valence-corrected chi connectivity index (χ2v) is 9.46. The van der Waals surface area contributed by atoms with Gasteiger partial charge in [-0.05, 0) is 36.4 Å². The average Bonchev–Trinajstić information content (AvgIpc) is 3.05. The summed E-state index contributed by atoms with van der Waals surface area (Å²) in [5.74, 6) is 0.403. The number of benzene rings is 3. The summed E-state index contributed by atoms with van der Waals surface area (Å²) >= 11 is 6.14. The Bertz CT molecular complexity index is 1260. The van der Waals surface area contributed by atoms with Crippen LogP contribution in [0.3, 0.4) is 0 Å². The zero-order valence-corrected chi connectivity index (χ0v) is 18.8. The van der Waals surface area contributed by atoms with Crippen LogP contribution in [0.4, 0.5) is 11.4 Å². The van der Waals surface area contributed by atoms with Crippen molar-refractivity contribution in [2.75, 3.05) is 29.9 Å². The molecule has 9 heteroatoms. The third-order valence-electron chi connectivity index (χ3n) is 4.99.